The second-order valence-electron chi connectivity index (χ2n) is 5.07. The van der Waals surface area contributed by atoms with Gasteiger partial charge in [-0.3, -0.25) is 9.59 Å². The Hall–Kier alpha value is -2.47. The Kier molecular flexibility index (Phi) is 5.87. The Morgan fingerprint density at radius 2 is 1.83 bits per heavy atom. The number of carbonyl (C=O) groups excluding carboxylic acids is 2. The first-order valence-corrected chi connectivity index (χ1v) is 7.54. The molecule has 0 fully saturated rings. The van der Waals surface area contributed by atoms with Crippen LogP contribution in [0.5, 0.6) is 0 Å². The van der Waals surface area contributed by atoms with E-state index < -0.39 is 11.6 Å². The molecule has 0 bridgehead atoms. The summed E-state index contributed by atoms with van der Waals surface area (Å²) in [5.74, 6) is -2.55. The smallest absolute Gasteiger partial charge is 0.252 e. The van der Waals surface area contributed by atoms with Crippen molar-refractivity contribution >= 4 is 29.1 Å². The van der Waals surface area contributed by atoms with Crippen LogP contribution in [0.25, 0.3) is 0 Å². The molecule has 2 aromatic rings. The molecular weight excluding hydrogens is 338 g/mol. The van der Waals surface area contributed by atoms with E-state index in [0.717, 1.165) is 12.1 Å². The average Bonchev–Trinajstić information content (AvgIpc) is 2.57. The van der Waals surface area contributed by atoms with Gasteiger partial charge in [-0.15, -0.1) is 0 Å². The molecule has 0 spiro atoms. The lowest BCUT2D eigenvalue weighted by molar-refractivity contribution is -0.116. The molecule has 2 amide bonds. The highest BCUT2D eigenvalue weighted by molar-refractivity contribution is 6.34. The number of hydrogen-bond acceptors (Lipinski definition) is 2. The monoisotopic (exact) mass is 352 g/mol. The zero-order valence-electron chi connectivity index (χ0n) is 12.8. The summed E-state index contributed by atoms with van der Waals surface area (Å²) in [5.41, 5.74) is 1.19. The van der Waals surface area contributed by atoms with Gasteiger partial charge in [-0.2, -0.15) is 0 Å². The molecule has 0 radical (unpaired) electrons. The van der Waals surface area contributed by atoms with Crippen molar-refractivity contribution in [3.8, 4) is 0 Å². The van der Waals surface area contributed by atoms with Crippen LogP contribution in [-0.2, 0) is 11.2 Å². The Morgan fingerprint density at radius 3 is 2.50 bits per heavy atom. The average molecular weight is 353 g/mol. The van der Waals surface area contributed by atoms with Crippen molar-refractivity contribution in [3.63, 3.8) is 0 Å². The quantitative estimate of drug-likeness (QED) is 0.864. The first kappa shape index (κ1) is 17.9. The van der Waals surface area contributed by atoms with E-state index >= 15 is 0 Å². The molecule has 0 heterocycles. The lowest BCUT2D eigenvalue weighted by Gasteiger charge is -2.09. The molecule has 0 aromatic heterocycles. The van der Waals surface area contributed by atoms with Crippen molar-refractivity contribution in [1.29, 1.82) is 0 Å². The van der Waals surface area contributed by atoms with E-state index in [9.17, 15) is 18.4 Å². The SMILES string of the molecule is CNC(=O)c1cc(NC(=O)CCc2ccc(F)c(F)c2)ccc1Cl. The topological polar surface area (TPSA) is 58.2 Å². The number of carbonyl (C=O) groups is 2. The van der Waals surface area contributed by atoms with Gasteiger partial charge in [0.25, 0.3) is 5.91 Å². The van der Waals surface area contributed by atoms with Crippen LogP contribution in [0.4, 0.5) is 14.5 Å². The van der Waals surface area contributed by atoms with Gasteiger partial charge in [0.2, 0.25) is 5.91 Å². The Balaban J connectivity index is 1.99. The fraction of sp³-hybridized carbons (Fsp3) is 0.176. The van der Waals surface area contributed by atoms with E-state index in [1.807, 2.05) is 0 Å². The van der Waals surface area contributed by atoms with Crippen LogP contribution in [0, 0.1) is 11.6 Å². The number of rotatable bonds is 5. The fourth-order valence-corrected chi connectivity index (χ4v) is 2.29. The maximum atomic E-state index is 13.1. The molecule has 0 aliphatic carbocycles. The van der Waals surface area contributed by atoms with E-state index in [-0.39, 0.29) is 35.2 Å². The predicted molar refractivity (Wildman–Crippen MR) is 88.2 cm³/mol. The molecule has 0 atom stereocenters. The third-order valence-corrected chi connectivity index (χ3v) is 3.68. The van der Waals surface area contributed by atoms with Gasteiger partial charge in [0.05, 0.1) is 10.6 Å². The molecule has 0 aliphatic heterocycles. The van der Waals surface area contributed by atoms with Gasteiger partial charge in [0.15, 0.2) is 11.6 Å². The van der Waals surface area contributed by atoms with E-state index in [2.05, 4.69) is 10.6 Å². The highest BCUT2D eigenvalue weighted by atomic mass is 35.5. The lowest BCUT2D eigenvalue weighted by atomic mass is 10.1. The van der Waals surface area contributed by atoms with Crippen LogP contribution >= 0.6 is 11.6 Å². The van der Waals surface area contributed by atoms with Crippen LogP contribution in [-0.4, -0.2) is 18.9 Å². The van der Waals surface area contributed by atoms with Crippen LogP contribution in [0.15, 0.2) is 36.4 Å². The minimum absolute atomic E-state index is 0.0863. The van der Waals surface area contributed by atoms with Crippen LogP contribution in [0.1, 0.15) is 22.3 Å². The summed E-state index contributed by atoms with van der Waals surface area (Å²) in [4.78, 5) is 23.6. The Morgan fingerprint density at radius 1 is 1.08 bits per heavy atom. The molecule has 24 heavy (non-hydrogen) atoms. The largest absolute Gasteiger partial charge is 0.355 e. The summed E-state index contributed by atoms with van der Waals surface area (Å²) in [6.45, 7) is 0. The van der Waals surface area contributed by atoms with Gasteiger partial charge in [-0.25, -0.2) is 8.78 Å². The number of nitrogens with one attached hydrogen (secondary N) is 2. The third-order valence-electron chi connectivity index (χ3n) is 3.35. The second-order valence-corrected chi connectivity index (χ2v) is 5.48. The molecule has 4 nitrogen and oxygen atoms in total. The zero-order chi connectivity index (χ0) is 17.7. The molecule has 2 aromatic carbocycles. The first-order chi connectivity index (χ1) is 11.4. The first-order valence-electron chi connectivity index (χ1n) is 7.16. The minimum atomic E-state index is -0.944. The predicted octanol–water partition coefficient (Wildman–Crippen LogP) is 3.55. The molecule has 2 N–H and O–H groups in total. The Bertz CT molecular complexity index is 781. The van der Waals surface area contributed by atoms with Gasteiger partial charge < -0.3 is 10.6 Å². The summed E-state index contributed by atoms with van der Waals surface area (Å²) in [5, 5.41) is 5.37. The molecule has 0 saturated heterocycles. The third kappa shape index (κ3) is 4.52. The van der Waals surface area contributed by atoms with Gasteiger partial charge in [0, 0.05) is 19.2 Å². The standard InChI is InChI=1S/C17H15ClF2N2O2/c1-21-17(24)12-9-11(4-5-13(12)18)22-16(23)7-3-10-2-6-14(19)15(20)8-10/h2,4-6,8-9H,3,7H2,1H3,(H,21,24)(H,22,23). The second kappa shape index (κ2) is 7.88. The van der Waals surface area contributed by atoms with Gasteiger partial charge >= 0.3 is 0 Å². The van der Waals surface area contributed by atoms with Gasteiger partial charge in [-0.05, 0) is 42.3 Å². The fourth-order valence-electron chi connectivity index (χ4n) is 2.09. The van der Waals surface area contributed by atoms with Crippen molar-refractivity contribution in [1.82, 2.24) is 5.32 Å². The maximum absolute atomic E-state index is 13.1. The van der Waals surface area contributed by atoms with E-state index in [0.29, 0.717) is 11.3 Å². The number of amides is 2. The van der Waals surface area contributed by atoms with Crippen molar-refractivity contribution in [2.75, 3.05) is 12.4 Å². The van der Waals surface area contributed by atoms with E-state index in [4.69, 9.17) is 11.6 Å². The normalized spacial score (nSPS) is 10.3. The molecule has 0 unspecified atom stereocenters. The summed E-state index contributed by atoms with van der Waals surface area (Å²) >= 11 is 5.94. The van der Waals surface area contributed by atoms with E-state index in [1.165, 1.54) is 25.2 Å². The van der Waals surface area contributed by atoms with Crippen LogP contribution < -0.4 is 10.6 Å². The van der Waals surface area contributed by atoms with Crippen molar-refractivity contribution in [2.45, 2.75) is 12.8 Å². The number of halogens is 3. The summed E-state index contributed by atoms with van der Waals surface area (Å²) < 4.78 is 26.0. The molecular formula is C17H15ClF2N2O2. The molecule has 0 saturated carbocycles. The highest BCUT2D eigenvalue weighted by Crippen LogP contribution is 2.21. The Labute approximate surface area is 142 Å². The highest BCUT2D eigenvalue weighted by Gasteiger charge is 2.11. The molecule has 0 aliphatic rings. The van der Waals surface area contributed by atoms with Crippen molar-refractivity contribution < 1.29 is 18.4 Å². The lowest BCUT2D eigenvalue weighted by Crippen LogP contribution is -2.19. The van der Waals surface area contributed by atoms with Gasteiger partial charge in [-0.1, -0.05) is 17.7 Å². The number of aryl methyl sites for hydroxylation is 1. The number of benzene rings is 2. The van der Waals surface area contributed by atoms with Crippen LogP contribution in [0.2, 0.25) is 5.02 Å². The van der Waals surface area contributed by atoms with Crippen LogP contribution in [0.3, 0.4) is 0 Å². The molecule has 126 valence electrons. The summed E-state index contributed by atoms with van der Waals surface area (Å²) in [7, 11) is 1.48. The minimum Gasteiger partial charge on any atom is -0.355 e. The van der Waals surface area contributed by atoms with E-state index in [1.54, 1.807) is 6.07 Å². The molecule has 2 rings (SSSR count). The van der Waals surface area contributed by atoms with Gasteiger partial charge in [0.1, 0.15) is 0 Å². The zero-order valence-corrected chi connectivity index (χ0v) is 13.6. The maximum Gasteiger partial charge on any atom is 0.252 e. The molecule has 7 heteroatoms. The van der Waals surface area contributed by atoms with Crippen molar-refractivity contribution in [3.05, 3.63) is 64.2 Å². The van der Waals surface area contributed by atoms with Crippen molar-refractivity contribution in [2.24, 2.45) is 0 Å². The summed E-state index contributed by atoms with van der Waals surface area (Å²) in [6.07, 6.45) is 0.349. The summed E-state index contributed by atoms with van der Waals surface area (Å²) in [6, 6.07) is 8.07. The number of hydrogen-bond donors (Lipinski definition) is 2. The number of anilines is 1.